The first-order valence-corrected chi connectivity index (χ1v) is 7.15. The van der Waals surface area contributed by atoms with Crippen LogP contribution in [0.5, 0.6) is 0 Å². The van der Waals surface area contributed by atoms with Crippen LogP contribution >= 0.6 is 0 Å². The van der Waals surface area contributed by atoms with Crippen LogP contribution in [0.15, 0.2) is 18.2 Å². The normalized spacial score (nSPS) is 18.6. The Morgan fingerprint density at radius 3 is 2.83 bits per heavy atom. The van der Waals surface area contributed by atoms with Gasteiger partial charge in [0.25, 0.3) is 10.2 Å². The van der Waals surface area contributed by atoms with E-state index in [-0.39, 0.29) is 12.5 Å². The van der Waals surface area contributed by atoms with Crippen LogP contribution in [0.2, 0.25) is 0 Å². The standard InChI is InChI=1S/C11H13N3O3S/c15-11-6-9-5-8(1-2-10(9)13-11)7-12-18(16,17)14-3-4-14/h1-2,5,12H,3-4,6-7H2,(H,13,15). The molecule has 6 nitrogen and oxygen atoms in total. The Kier molecular flexibility index (Phi) is 2.61. The molecule has 1 aromatic rings. The summed E-state index contributed by atoms with van der Waals surface area (Å²) < 4.78 is 27.1. The molecule has 7 heteroatoms. The average Bonchev–Trinajstić information content (AvgIpc) is 3.09. The van der Waals surface area contributed by atoms with E-state index in [0.29, 0.717) is 19.5 Å². The van der Waals surface area contributed by atoms with E-state index < -0.39 is 10.2 Å². The first-order valence-electron chi connectivity index (χ1n) is 5.71. The van der Waals surface area contributed by atoms with Crippen LogP contribution in [0.4, 0.5) is 5.69 Å². The maximum absolute atomic E-state index is 11.6. The van der Waals surface area contributed by atoms with E-state index in [0.717, 1.165) is 16.8 Å². The quantitative estimate of drug-likeness (QED) is 0.744. The molecule has 2 heterocycles. The summed E-state index contributed by atoms with van der Waals surface area (Å²) in [4.78, 5) is 11.2. The summed E-state index contributed by atoms with van der Waals surface area (Å²) in [5.41, 5.74) is 2.59. The summed E-state index contributed by atoms with van der Waals surface area (Å²) in [5, 5.41) is 2.74. The van der Waals surface area contributed by atoms with Gasteiger partial charge in [0.2, 0.25) is 5.91 Å². The van der Waals surface area contributed by atoms with Crippen LogP contribution in [0, 0.1) is 0 Å². The van der Waals surface area contributed by atoms with Gasteiger partial charge in [0.15, 0.2) is 0 Å². The summed E-state index contributed by atoms with van der Waals surface area (Å²) in [5.74, 6) is -0.0215. The zero-order valence-corrected chi connectivity index (χ0v) is 10.5. The Morgan fingerprint density at radius 1 is 1.33 bits per heavy atom. The Morgan fingerprint density at radius 2 is 2.11 bits per heavy atom. The van der Waals surface area contributed by atoms with Gasteiger partial charge in [0.1, 0.15) is 0 Å². The Labute approximate surface area is 105 Å². The summed E-state index contributed by atoms with van der Waals surface area (Å²) in [7, 11) is -3.31. The molecular weight excluding hydrogens is 254 g/mol. The third kappa shape index (κ3) is 2.24. The van der Waals surface area contributed by atoms with E-state index in [1.54, 1.807) is 6.07 Å². The highest BCUT2D eigenvalue weighted by molar-refractivity contribution is 7.87. The minimum absolute atomic E-state index is 0.0215. The number of fused-ring (bicyclic) bond motifs is 1. The van der Waals surface area contributed by atoms with E-state index in [9.17, 15) is 13.2 Å². The Hall–Kier alpha value is -1.44. The molecule has 3 rings (SSSR count). The molecule has 1 amide bonds. The number of hydrogen-bond donors (Lipinski definition) is 2. The molecule has 2 N–H and O–H groups in total. The van der Waals surface area contributed by atoms with E-state index in [1.807, 2.05) is 12.1 Å². The third-order valence-electron chi connectivity index (χ3n) is 3.00. The highest BCUT2D eigenvalue weighted by Gasteiger charge is 2.31. The summed E-state index contributed by atoms with van der Waals surface area (Å²) in [6, 6.07) is 5.48. The Balaban J connectivity index is 1.71. The summed E-state index contributed by atoms with van der Waals surface area (Å²) >= 11 is 0. The lowest BCUT2D eigenvalue weighted by atomic mass is 10.1. The number of benzene rings is 1. The number of carbonyl (C=O) groups is 1. The number of anilines is 1. The number of amides is 1. The first kappa shape index (κ1) is 11.6. The Bertz CT molecular complexity index is 608. The molecule has 0 radical (unpaired) electrons. The fourth-order valence-electron chi connectivity index (χ4n) is 1.94. The van der Waals surface area contributed by atoms with Crippen molar-refractivity contribution in [3.8, 4) is 0 Å². The average molecular weight is 267 g/mol. The first-order chi connectivity index (χ1) is 8.54. The topological polar surface area (TPSA) is 78.3 Å². The minimum atomic E-state index is -3.31. The largest absolute Gasteiger partial charge is 0.326 e. The predicted molar refractivity (Wildman–Crippen MR) is 66.1 cm³/mol. The van der Waals surface area contributed by atoms with Gasteiger partial charge in [0.05, 0.1) is 6.42 Å². The highest BCUT2D eigenvalue weighted by atomic mass is 32.2. The molecule has 18 heavy (non-hydrogen) atoms. The monoisotopic (exact) mass is 267 g/mol. The SMILES string of the molecule is O=C1Cc2cc(CNS(=O)(=O)N3CC3)ccc2N1. The number of rotatable bonds is 4. The van der Waals surface area contributed by atoms with Crippen LogP contribution in [-0.2, 0) is 28.0 Å². The van der Waals surface area contributed by atoms with Gasteiger partial charge in [-0.25, -0.2) is 0 Å². The highest BCUT2D eigenvalue weighted by Crippen LogP contribution is 2.24. The molecular formula is C11H13N3O3S. The molecule has 2 aliphatic heterocycles. The second kappa shape index (κ2) is 4.04. The van der Waals surface area contributed by atoms with Crippen molar-refractivity contribution in [3.05, 3.63) is 29.3 Å². The fourth-order valence-corrected chi connectivity index (χ4v) is 3.03. The van der Waals surface area contributed by atoms with Crippen LogP contribution in [0.1, 0.15) is 11.1 Å². The van der Waals surface area contributed by atoms with Crippen molar-refractivity contribution in [3.63, 3.8) is 0 Å². The smallest absolute Gasteiger partial charge is 0.279 e. The van der Waals surface area contributed by atoms with E-state index in [2.05, 4.69) is 10.0 Å². The molecule has 2 aliphatic rings. The van der Waals surface area contributed by atoms with E-state index in [4.69, 9.17) is 0 Å². The number of nitrogens with one attached hydrogen (secondary N) is 2. The van der Waals surface area contributed by atoms with Gasteiger partial charge in [0, 0.05) is 25.3 Å². The summed E-state index contributed by atoms with van der Waals surface area (Å²) in [6.07, 6.45) is 0.363. The molecule has 1 fully saturated rings. The predicted octanol–water partition coefficient (Wildman–Crippen LogP) is -0.169. The molecule has 0 aliphatic carbocycles. The number of nitrogens with zero attached hydrogens (tertiary/aromatic N) is 1. The molecule has 0 saturated carbocycles. The van der Waals surface area contributed by atoms with E-state index >= 15 is 0 Å². The van der Waals surface area contributed by atoms with Crippen LogP contribution in [0.3, 0.4) is 0 Å². The van der Waals surface area contributed by atoms with Crippen molar-refractivity contribution in [1.82, 2.24) is 9.03 Å². The van der Waals surface area contributed by atoms with Gasteiger partial charge in [-0.3, -0.25) is 4.79 Å². The maximum atomic E-state index is 11.6. The molecule has 96 valence electrons. The molecule has 1 aromatic carbocycles. The van der Waals surface area contributed by atoms with Gasteiger partial charge in [-0.2, -0.15) is 17.4 Å². The van der Waals surface area contributed by atoms with Crippen LogP contribution in [0.25, 0.3) is 0 Å². The lowest BCUT2D eigenvalue weighted by Gasteiger charge is -2.07. The van der Waals surface area contributed by atoms with Gasteiger partial charge in [-0.1, -0.05) is 12.1 Å². The van der Waals surface area contributed by atoms with Crippen molar-refractivity contribution < 1.29 is 13.2 Å². The number of hydrogen-bond acceptors (Lipinski definition) is 3. The van der Waals surface area contributed by atoms with Crippen molar-refractivity contribution in [2.75, 3.05) is 18.4 Å². The van der Waals surface area contributed by atoms with Gasteiger partial charge < -0.3 is 5.32 Å². The van der Waals surface area contributed by atoms with Crippen molar-refractivity contribution in [2.45, 2.75) is 13.0 Å². The molecule has 0 bridgehead atoms. The van der Waals surface area contributed by atoms with Crippen molar-refractivity contribution in [1.29, 1.82) is 0 Å². The van der Waals surface area contributed by atoms with E-state index in [1.165, 1.54) is 4.31 Å². The van der Waals surface area contributed by atoms with Crippen molar-refractivity contribution >= 4 is 21.8 Å². The van der Waals surface area contributed by atoms with Gasteiger partial charge in [-0.05, 0) is 17.2 Å². The molecule has 0 spiro atoms. The molecule has 0 unspecified atom stereocenters. The lowest BCUT2D eigenvalue weighted by Crippen LogP contribution is -2.29. The van der Waals surface area contributed by atoms with Gasteiger partial charge >= 0.3 is 0 Å². The summed E-state index contributed by atoms with van der Waals surface area (Å²) in [6.45, 7) is 1.44. The molecule has 0 atom stereocenters. The maximum Gasteiger partial charge on any atom is 0.279 e. The molecule has 1 saturated heterocycles. The fraction of sp³-hybridized carbons (Fsp3) is 0.364. The second-order valence-corrected chi connectivity index (χ2v) is 6.20. The van der Waals surface area contributed by atoms with Crippen LogP contribution < -0.4 is 10.0 Å². The van der Waals surface area contributed by atoms with Crippen LogP contribution in [-0.4, -0.2) is 31.7 Å². The zero-order chi connectivity index (χ0) is 12.8. The minimum Gasteiger partial charge on any atom is -0.326 e. The lowest BCUT2D eigenvalue weighted by molar-refractivity contribution is -0.115. The second-order valence-electron chi connectivity index (χ2n) is 4.44. The number of carbonyl (C=O) groups excluding carboxylic acids is 1. The third-order valence-corrected chi connectivity index (χ3v) is 4.55. The zero-order valence-electron chi connectivity index (χ0n) is 9.64. The van der Waals surface area contributed by atoms with Crippen molar-refractivity contribution in [2.24, 2.45) is 0 Å². The molecule has 0 aromatic heterocycles. The van der Waals surface area contributed by atoms with Gasteiger partial charge in [-0.15, -0.1) is 0 Å².